The van der Waals surface area contributed by atoms with Gasteiger partial charge in [-0.05, 0) is 42.1 Å². The number of rotatable bonds is 5. The van der Waals surface area contributed by atoms with E-state index in [2.05, 4.69) is 35.3 Å². The Morgan fingerprint density at radius 3 is 2.83 bits per heavy atom. The molecular formula is C22H22ClN3OS3. The Bertz CT molecular complexity index is 1130. The lowest BCUT2D eigenvalue weighted by Crippen LogP contribution is -2.29. The third-order valence-electron chi connectivity index (χ3n) is 5.26. The molecular weight excluding hydrogens is 454 g/mol. The van der Waals surface area contributed by atoms with Crippen molar-refractivity contribution in [1.29, 1.82) is 0 Å². The van der Waals surface area contributed by atoms with E-state index in [1.165, 1.54) is 15.1 Å². The molecule has 0 fully saturated rings. The van der Waals surface area contributed by atoms with Crippen molar-refractivity contribution in [3.05, 3.63) is 57.1 Å². The second kappa shape index (κ2) is 9.16. The fourth-order valence-corrected chi connectivity index (χ4v) is 6.88. The zero-order valence-electron chi connectivity index (χ0n) is 16.5. The van der Waals surface area contributed by atoms with Crippen LogP contribution in [0.2, 0.25) is 0 Å². The minimum atomic E-state index is 0. The number of para-hydroxylation sites is 1. The summed E-state index contributed by atoms with van der Waals surface area (Å²) < 4.78 is 1.18. The van der Waals surface area contributed by atoms with E-state index >= 15 is 0 Å². The monoisotopic (exact) mass is 475 g/mol. The van der Waals surface area contributed by atoms with Gasteiger partial charge in [0.2, 0.25) is 5.91 Å². The number of hydrogen-bond donors (Lipinski definition) is 1. The van der Waals surface area contributed by atoms with Gasteiger partial charge in [0.25, 0.3) is 0 Å². The van der Waals surface area contributed by atoms with Crippen LogP contribution in [-0.2, 0) is 24.2 Å². The van der Waals surface area contributed by atoms with Crippen molar-refractivity contribution >= 4 is 67.5 Å². The number of thiophene rings is 2. The molecule has 1 aliphatic rings. The summed E-state index contributed by atoms with van der Waals surface area (Å²) in [6, 6.07) is 12.2. The number of halogens is 1. The topological polar surface area (TPSA) is 45.2 Å². The predicted octanol–water partition coefficient (Wildman–Crippen LogP) is 6.07. The molecule has 0 radical (unpaired) electrons. The van der Waals surface area contributed by atoms with Gasteiger partial charge in [-0.3, -0.25) is 9.69 Å². The summed E-state index contributed by atoms with van der Waals surface area (Å²) in [7, 11) is 0. The van der Waals surface area contributed by atoms with Crippen molar-refractivity contribution in [2.24, 2.45) is 0 Å². The van der Waals surface area contributed by atoms with Crippen molar-refractivity contribution in [3.8, 4) is 10.6 Å². The van der Waals surface area contributed by atoms with Gasteiger partial charge in [0.1, 0.15) is 10.0 Å². The number of amides is 1. The average Bonchev–Trinajstić information content (AvgIpc) is 3.44. The van der Waals surface area contributed by atoms with E-state index in [4.69, 9.17) is 4.98 Å². The van der Waals surface area contributed by atoms with E-state index in [-0.39, 0.29) is 18.3 Å². The third kappa shape index (κ3) is 4.18. The summed E-state index contributed by atoms with van der Waals surface area (Å²) in [5, 5.41) is 7.19. The molecule has 0 atom stereocenters. The Labute approximate surface area is 194 Å². The second-order valence-electron chi connectivity index (χ2n) is 7.12. The Morgan fingerprint density at radius 1 is 1.20 bits per heavy atom. The molecule has 8 heteroatoms. The van der Waals surface area contributed by atoms with E-state index in [9.17, 15) is 4.79 Å². The van der Waals surface area contributed by atoms with Gasteiger partial charge in [-0.15, -0.1) is 46.4 Å². The fourth-order valence-electron chi connectivity index (χ4n) is 3.76. The molecule has 0 saturated heterocycles. The Hall–Kier alpha value is -1.77. The van der Waals surface area contributed by atoms with Crippen LogP contribution < -0.4 is 5.32 Å². The van der Waals surface area contributed by atoms with Gasteiger partial charge in [-0.1, -0.05) is 25.1 Å². The van der Waals surface area contributed by atoms with Crippen LogP contribution in [-0.4, -0.2) is 28.9 Å². The lowest BCUT2D eigenvalue weighted by molar-refractivity contribution is -0.115. The van der Waals surface area contributed by atoms with Crippen molar-refractivity contribution in [2.75, 3.05) is 18.4 Å². The van der Waals surface area contributed by atoms with Crippen molar-refractivity contribution in [2.45, 2.75) is 26.3 Å². The summed E-state index contributed by atoms with van der Waals surface area (Å²) in [5.41, 5.74) is 3.53. The molecule has 156 valence electrons. The summed E-state index contributed by atoms with van der Waals surface area (Å²) in [5.74, 6) is 0.0424. The first-order valence-corrected chi connectivity index (χ1v) is 12.3. The average molecular weight is 476 g/mol. The Balaban J connectivity index is 0.00000218. The van der Waals surface area contributed by atoms with E-state index in [0.29, 0.717) is 6.42 Å². The van der Waals surface area contributed by atoms with Crippen LogP contribution in [0.25, 0.3) is 20.8 Å². The number of fused-ring (bicyclic) bond motifs is 2. The highest BCUT2D eigenvalue weighted by Gasteiger charge is 2.27. The standard InChI is InChI=1S/C22H21N3OS3.ClH/c1-2-25-10-9-15-18(13-25)29-22(24-19(26)12-14-6-5-11-27-14)20(15)21-23-16-7-3-4-8-17(16)28-21;/h3-8,11H,2,9-10,12-13H2,1H3,(H,24,26);1H. The molecule has 4 nitrogen and oxygen atoms in total. The number of thiazole rings is 1. The minimum absolute atomic E-state index is 0. The summed E-state index contributed by atoms with van der Waals surface area (Å²) >= 11 is 5.06. The number of aromatic nitrogens is 1. The molecule has 0 bridgehead atoms. The Kier molecular flexibility index (Phi) is 6.55. The van der Waals surface area contributed by atoms with Gasteiger partial charge < -0.3 is 5.32 Å². The van der Waals surface area contributed by atoms with E-state index < -0.39 is 0 Å². The van der Waals surface area contributed by atoms with Crippen LogP contribution in [0.15, 0.2) is 41.8 Å². The molecule has 3 aromatic heterocycles. The number of carbonyl (C=O) groups excluding carboxylic acids is 1. The molecule has 0 aliphatic carbocycles. The number of likely N-dealkylation sites (N-methyl/N-ethyl adjacent to an activating group) is 1. The summed E-state index contributed by atoms with van der Waals surface area (Å²) in [6.45, 7) is 5.26. The lowest BCUT2D eigenvalue weighted by Gasteiger charge is -2.25. The smallest absolute Gasteiger partial charge is 0.230 e. The highest BCUT2D eigenvalue weighted by Crippen LogP contribution is 2.45. The van der Waals surface area contributed by atoms with Gasteiger partial charge in [-0.2, -0.15) is 0 Å². The van der Waals surface area contributed by atoms with Gasteiger partial charge in [0.05, 0.1) is 16.6 Å². The Morgan fingerprint density at radius 2 is 2.07 bits per heavy atom. The first-order chi connectivity index (χ1) is 14.2. The zero-order chi connectivity index (χ0) is 19.8. The zero-order valence-corrected chi connectivity index (χ0v) is 19.8. The van der Waals surface area contributed by atoms with Gasteiger partial charge >= 0.3 is 0 Å². The second-order valence-corrected chi connectivity index (χ2v) is 10.3. The molecule has 1 aliphatic heterocycles. The minimum Gasteiger partial charge on any atom is -0.317 e. The maximum atomic E-state index is 12.7. The fraction of sp³-hybridized carbons (Fsp3) is 0.273. The lowest BCUT2D eigenvalue weighted by atomic mass is 10.0. The van der Waals surface area contributed by atoms with Crippen molar-refractivity contribution < 1.29 is 4.79 Å². The molecule has 5 rings (SSSR count). The van der Waals surface area contributed by atoms with Crippen molar-refractivity contribution in [1.82, 2.24) is 9.88 Å². The molecule has 0 spiro atoms. The molecule has 1 amide bonds. The van der Waals surface area contributed by atoms with Crippen molar-refractivity contribution in [3.63, 3.8) is 0 Å². The number of anilines is 1. The molecule has 1 N–H and O–H groups in total. The number of nitrogens with zero attached hydrogens (tertiary/aromatic N) is 2. The maximum Gasteiger partial charge on any atom is 0.230 e. The van der Waals surface area contributed by atoms with Crippen LogP contribution in [0.1, 0.15) is 22.2 Å². The van der Waals surface area contributed by atoms with E-state index in [0.717, 1.165) is 52.0 Å². The number of nitrogens with one attached hydrogen (secondary N) is 1. The summed E-state index contributed by atoms with van der Waals surface area (Å²) in [4.78, 5) is 22.6. The first kappa shape index (κ1) is 21.5. The van der Waals surface area contributed by atoms with Gasteiger partial charge in [0, 0.05) is 28.4 Å². The van der Waals surface area contributed by atoms with Crippen LogP contribution in [0.5, 0.6) is 0 Å². The summed E-state index contributed by atoms with van der Waals surface area (Å²) in [6.07, 6.45) is 1.42. The number of carbonyl (C=O) groups is 1. The first-order valence-electron chi connectivity index (χ1n) is 9.76. The van der Waals surface area contributed by atoms with Crippen LogP contribution in [0.4, 0.5) is 5.00 Å². The molecule has 1 aromatic carbocycles. The van der Waals surface area contributed by atoms with E-state index in [1.807, 2.05) is 23.6 Å². The van der Waals surface area contributed by atoms with E-state index in [1.54, 1.807) is 34.0 Å². The SMILES string of the molecule is CCN1CCc2c(sc(NC(=O)Cc3cccs3)c2-c2nc3ccccc3s2)C1.Cl. The maximum absolute atomic E-state index is 12.7. The largest absolute Gasteiger partial charge is 0.317 e. The van der Waals surface area contributed by atoms with Crippen LogP contribution >= 0.6 is 46.4 Å². The normalized spacial score (nSPS) is 13.8. The van der Waals surface area contributed by atoms with Gasteiger partial charge in [-0.25, -0.2) is 4.98 Å². The molecule has 0 saturated carbocycles. The highest BCUT2D eigenvalue weighted by molar-refractivity contribution is 7.23. The van der Waals surface area contributed by atoms with Crippen LogP contribution in [0, 0.1) is 0 Å². The molecule has 4 heterocycles. The number of benzene rings is 1. The van der Waals surface area contributed by atoms with Gasteiger partial charge in [0.15, 0.2) is 0 Å². The quantitative estimate of drug-likeness (QED) is 0.381. The number of hydrogen-bond acceptors (Lipinski definition) is 6. The van der Waals surface area contributed by atoms with Crippen LogP contribution in [0.3, 0.4) is 0 Å². The highest BCUT2D eigenvalue weighted by atomic mass is 35.5. The predicted molar refractivity (Wildman–Crippen MR) is 131 cm³/mol. The molecule has 30 heavy (non-hydrogen) atoms. The molecule has 4 aromatic rings. The molecule has 0 unspecified atom stereocenters. The third-order valence-corrected chi connectivity index (χ3v) is 8.32.